The average Bonchev–Trinajstić information content (AvgIpc) is 3.54. The van der Waals surface area contributed by atoms with Crippen molar-refractivity contribution in [3.63, 3.8) is 0 Å². The zero-order valence-electron chi connectivity index (χ0n) is 21.1. The molecule has 3 heterocycles. The van der Waals surface area contributed by atoms with Crippen molar-refractivity contribution < 1.29 is 23.4 Å². The van der Waals surface area contributed by atoms with Gasteiger partial charge in [0.05, 0.1) is 12.1 Å². The number of hydrogen-bond donors (Lipinski definition) is 2. The molecule has 3 unspecified atom stereocenters. The Morgan fingerprint density at radius 2 is 1.78 bits per heavy atom. The van der Waals surface area contributed by atoms with Gasteiger partial charge in [-0.2, -0.15) is 18.3 Å². The fourth-order valence-corrected chi connectivity index (χ4v) is 6.64. The number of aryl methyl sites for hydroxylation is 1. The maximum atomic E-state index is 12.9. The Morgan fingerprint density at radius 1 is 1.06 bits per heavy atom. The number of aliphatic hydroxyl groups is 1. The summed E-state index contributed by atoms with van der Waals surface area (Å²) in [7, 11) is 0. The molecule has 3 atom stereocenters. The van der Waals surface area contributed by atoms with Crippen LogP contribution >= 0.6 is 0 Å². The number of phenolic OH excluding ortho intramolecular Hbond substituents is 1. The van der Waals surface area contributed by atoms with Crippen molar-refractivity contribution in [3.05, 3.63) is 47.3 Å². The van der Waals surface area contributed by atoms with Crippen LogP contribution in [0.1, 0.15) is 55.8 Å². The third-order valence-corrected chi connectivity index (χ3v) is 9.06. The van der Waals surface area contributed by atoms with Gasteiger partial charge in [0.25, 0.3) is 0 Å². The SMILES string of the molecule is Cc1ccc(O)cc1C12CCN(CCn3ccc(C(F)(F)F)n3)CCC1(O)C(C)N(CC1CC1)CC2. The summed E-state index contributed by atoms with van der Waals surface area (Å²) in [6, 6.07) is 6.44. The molecule has 1 aromatic carbocycles. The van der Waals surface area contributed by atoms with Gasteiger partial charge in [0.2, 0.25) is 0 Å². The maximum absolute atomic E-state index is 12.9. The fraction of sp³-hybridized carbons (Fsp3) is 0.667. The van der Waals surface area contributed by atoms with Crippen LogP contribution in [-0.4, -0.2) is 74.2 Å². The molecule has 0 bridgehead atoms. The molecule has 2 N–H and O–H groups in total. The van der Waals surface area contributed by atoms with Gasteiger partial charge in [0.1, 0.15) is 5.75 Å². The Kier molecular flexibility index (Phi) is 6.62. The van der Waals surface area contributed by atoms with E-state index in [0.29, 0.717) is 26.1 Å². The first kappa shape index (κ1) is 25.5. The summed E-state index contributed by atoms with van der Waals surface area (Å²) in [5, 5.41) is 26.6. The van der Waals surface area contributed by atoms with Crippen LogP contribution in [0.4, 0.5) is 13.2 Å². The van der Waals surface area contributed by atoms with Crippen LogP contribution < -0.4 is 0 Å². The Hall–Kier alpha value is -2.10. The number of fused-ring (bicyclic) bond motifs is 1. The summed E-state index contributed by atoms with van der Waals surface area (Å²) in [4.78, 5) is 4.69. The molecule has 198 valence electrons. The number of piperidine rings is 1. The van der Waals surface area contributed by atoms with Gasteiger partial charge in [-0.15, -0.1) is 0 Å². The van der Waals surface area contributed by atoms with Crippen molar-refractivity contribution in [1.82, 2.24) is 19.6 Å². The van der Waals surface area contributed by atoms with Gasteiger partial charge >= 0.3 is 6.18 Å². The Labute approximate surface area is 210 Å². The monoisotopic (exact) mass is 506 g/mol. The van der Waals surface area contributed by atoms with E-state index in [1.54, 1.807) is 6.07 Å². The van der Waals surface area contributed by atoms with E-state index in [1.165, 1.54) is 23.7 Å². The fourth-order valence-electron chi connectivity index (χ4n) is 6.64. The molecular weight excluding hydrogens is 469 g/mol. The number of likely N-dealkylation sites (tertiary alicyclic amines) is 2. The van der Waals surface area contributed by atoms with Crippen molar-refractivity contribution >= 4 is 0 Å². The second-order valence-electron chi connectivity index (χ2n) is 11.2. The predicted octanol–water partition coefficient (Wildman–Crippen LogP) is 4.19. The highest BCUT2D eigenvalue weighted by atomic mass is 19.4. The lowest BCUT2D eigenvalue weighted by molar-refractivity contribution is -0.141. The number of benzene rings is 1. The van der Waals surface area contributed by atoms with Crippen LogP contribution in [0.3, 0.4) is 0 Å². The molecule has 1 aliphatic carbocycles. The lowest BCUT2D eigenvalue weighted by Gasteiger charge is -2.58. The lowest BCUT2D eigenvalue weighted by Crippen LogP contribution is -2.68. The van der Waals surface area contributed by atoms with Crippen molar-refractivity contribution in [1.29, 1.82) is 0 Å². The van der Waals surface area contributed by atoms with Crippen LogP contribution in [0, 0.1) is 12.8 Å². The highest BCUT2D eigenvalue weighted by Gasteiger charge is 2.59. The molecule has 2 aromatic rings. The van der Waals surface area contributed by atoms with Crippen molar-refractivity contribution in [3.8, 4) is 5.75 Å². The Morgan fingerprint density at radius 3 is 2.47 bits per heavy atom. The molecule has 5 rings (SSSR count). The Bertz CT molecular complexity index is 1090. The lowest BCUT2D eigenvalue weighted by atomic mass is 9.57. The van der Waals surface area contributed by atoms with Gasteiger partial charge < -0.3 is 15.1 Å². The first-order chi connectivity index (χ1) is 17.0. The number of rotatable bonds is 6. The molecule has 0 spiro atoms. The van der Waals surface area contributed by atoms with Gasteiger partial charge in [-0.3, -0.25) is 9.58 Å². The van der Waals surface area contributed by atoms with Crippen molar-refractivity contribution in [2.24, 2.45) is 5.92 Å². The zero-order valence-corrected chi connectivity index (χ0v) is 21.1. The number of nitrogens with zero attached hydrogens (tertiary/aromatic N) is 4. The smallest absolute Gasteiger partial charge is 0.435 e. The molecule has 0 radical (unpaired) electrons. The normalized spacial score (nSPS) is 30.2. The van der Waals surface area contributed by atoms with E-state index in [2.05, 4.69) is 21.8 Å². The minimum atomic E-state index is -4.44. The Balaban J connectivity index is 1.40. The third kappa shape index (κ3) is 4.65. The van der Waals surface area contributed by atoms with Gasteiger partial charge in [0, 0.05) is 37.3 Å². The molecule has 9 heteroatoms. The molecule has 2 aliphatic heterocycles. The second-order valence-corrected chi connectivity index (χ2v) is 11.2. The predicted molar refractivity (Wildman–Crippen MR) is 131 cm³/mol. The second kappa shape index (κ2) is 9.33. The zero-order chi connectivity index (χ0) is 25.7. The van der Waals surface area contributed by atoms with E-state index in [4.69, 9.17) is 0 Å². The molecule has 1 saturated carbocycles. The van der Waals surface area contributed by atoms with Crippen LogP contribution in [0.2, 0.25) is 0 Å². The molecule has 0 amide bonds. The number of hydrogen-bond acceptors (Lipinski definition) is 5. The standard InChI is InChI=1S/C27H37F3N4O2/c1-19-3-6-22(35)17-23(19)25-8-12-32(15-16-34-11-7-24(31-34)27(28,29)30)13-10-26(25,36)20(2)33(14-9-25)18-21-4-5-21/h3,6-7,11,17,20-21,35-36H,4-5,8-10,12-16,18H2,1-2H3. The first-order valence-electron chi connectivity index (χ1n) is 13.1. The summed E-state index contributed by atoms with van der Waals surface area (Å²) < 4.78 is 40.2. The molecule has 3 fully saturated rings. The molecule has 36 heavy (non-hydrogen) atoms. The summed E-state index contributed by atoms with van der Waals surface area (Å²) in [5.74, 6) is 0.935. The van der Waals surface area contributed by atoms with Crippen LogP contribution in [0.25, 0.3) is 0 Å². The summed E-state index contributed by atoms with van der Waals surface area (Å²) in [5.41, 5.74) is -0.270. The number of halogens is 3. The quantitative estimate of drug-likeness (QED) is 0.615. The molecule has 3 aliphatic rings. The molecule has 1 aromatic heterocycles. The third-order valence-electron chi connectivity index (χ3n) is 9.06. The van der Waals surface area contributed by atoms with Gasteiger partial charge in [-0.25, -0.2) is 0 Å². The number of phenols is 1. The van der Waals surface area contributed by atoms with Gasteiger partial charge in [-0.05, 0) is 94.3 Å². The van der Waals surface area contributed by atoms with Crippen molar-refractivity contribution in [2.45, 2.75) is 75.7 Å². The van der Waals surface area contributed by atoms with Crippen LogP contribution in [-0.2, 0) is 18.1 Å². The minimum Gasteiger partial charge on any atom is -0.508 e. The number of alkyl halides is 3. The van der Waals surface area contributed by atoms with E-state index in [0.717, 1.165) is 55.6 Å². The average molecular weight is 507 g/mol. The molecular formula is C27H37F3N4O2. The minimum absolute atomic E-state index is 0.0333. The number of aromatic nitrogens is 2. The maximum Gasteiger partial charge on any atom is 0.435 e. The summed E-state index contributed by atoms with van der Waals surface area (Å²) in [6.07, 6.45) is 1.56. The molecule has 6 nitrogen and oxygen atoms in total. The number of aromatic hydroxyl groups is 1. The van der Waals surface area contributed by atoms with Gasteiger partial charge in [-0.1, -0.05) is 6.07 Å². The summed E-state index contributed by atoms with van der Waals surface area (Å²) in [6.45, 7) is 8.41. The van der Waals surface area contributed by atoms with Crippen LogP contribution in [0.15, 0.2) is 30.5 Å². The largest absolute Gasteiger partial charge is 0.508 e. The van der Waals surface area contributed by atoms with Crippen molar-refractivity contribution in [2.75, 3.05) is 32.7 Å². The van der Waals surface area contributed by atoms with Crippen LogP contribution in [0.5, 0.6) is 5.75 Å². The van der Waals surface area contributed by atoms with E-state index >= 15 is 0 Å². The highest BCUT2D eigenvalue weighted by Crippen LogP contribution is 2.53. The van der Waals surface area contributed by atoms with Gasteiger partial charge in [0.15, 0.2) is 5.69 Å². The van der Waals surface area contributed by atoms with E-state index in [9.17, 15) is 23.4 Å². The summed E-state index contributed by atoms with van der Waals surface area (Å²) >= 11 is 0. The molecule has 2 saturated heterocycles. The van der Waals surface area contributed by atoms with E-state index in [-0.39, 0.29) is 11.8 Å². The highest BCUT2D eigenvalue weighted by molar-refractivity contribution is 5.43. The van der Waals surface area contributed by atoms with E-state index in [1.807, 2.05) is 19.1 Å². The van der Waals surface area contributed by atoms with E-state index < -0.39 is 22.9 Å². The first-order valence-corrected chi connectivity index (χ1v) is 13.1. The topological polar surface area (TPSA) is 64.8 Å².